The fourth-order valence-corrected chi connectivity index (χ4v) is 2.10. The molecule has 0 saturated heterocycles. The van der Waals surface area contributed by atoms with Crippen LogP contribution in [0.15, 0.2) is 23.6 Å². The largest absolute Gasteiger partial charge is 0.497 e. The highest BCUT2D eigenvalue weighted by molar-refractivity contribution is 7.13. The van der Waals surface area contributed by atoms with Gasteiger partial charge >= 0.3 is 5.97 Å². The standard InChI is InChI=1S/C11H8FNO3S/c1-16-6-2-3-8(12)7(4-6)10-13-9(5-17-10)11(14)15/h2-5H,1H3,(H,14,15). The zero-order chi connectivity index (χ0) is 12.4. The Balaban J connectivity index is 2.47. The van der Waals surface area contributed by atoms with Crippen molar-refractivity contribution in [2.45, 2.75) is 0 Å². The van der Waals surface area contributed by atoms with Crippen molar-refractivity contribution in [3.8, 4) is 16.3 Å². The number of ether oxygens (including phenoxy) is 1. The average Bonchev–Trinajstić information content (AvgIpc) is 2.79. The molecule has 6 heteroatoms. The predicted octanol–water partition coefficient (Wildman–Crippen LogP) is 2.66. The first-order valence-electron chi connectivity index (χ1n) is 4.64. The summed E-state index contributed by atoms with van der Waals surface area (Å²) in [5, 5.41) is 10.4. The molecule has 1 aromatic heterocycles. The summed E-state index contributed by atoms with van der Waals surface area (Å²) in [5.41, 5.74) is 0.147. The minimum Gasteiger partial charge on any atom is -0.497 e. The van der Waals surface area contributed by atoms with Gasteiger partial charge in [0, 0.05) is 10.9 Å². The van der Waals surface area contributed by atoms with Crippen LogP contribution in [0.5, 0.6) is 5.75 Å². The van der Waals surface area contributed by atoms with Crippen LogP contribution >= 0.6 is 11.3 Å². The molecule has 2 rings (SSSR count). The topological polar surface area (TPSA) is 59.4 Å². The summed E-state index contributed by atoms with van der Waals surface area (Å²) in [6, 6.07) is 4.24. The minimum absolute atomic E-state index is 0.0905. The van der Waals surface area contributed by atoms with Gasteiger partial charge in [-0.05, 0) is 18.2 Å². The van der Waals surface area contributed by atoms with Gasteiger partial charge in [-0.15, -0.1) is 11.3 Å². The van der Waals surface area contributed by atoms with Crippen LogP contribution in [0.2, 0.25) is 0 Å². The number of hydrogen-bond acceptors (Lipinski definition) is 4. The molecule has 0 atom stereocenters. The van der Waals surface area contributed by atoms with Gasteiger partial charge in [-0.2, -0.15) is 0 Å². The third-order valence-corrected chi connectivity index (χ3v) is 3.00. The molecule has 2 aromatic rings. The number of carbonyl (C=O) groups is 1. The second-order valence-corrected chi connectivity index (χ2v) is 4.05. The van der Waals surface area contributed by atoms with Crippen molar-refractivity contribution in [3.63, 3.8) is 0 Å². The Morgan fingerprint density at radius 1 is 1.53 bits per heavy atom. The SMILES string of the molecule is COc1ccc(F)c(-c2nc(C(=O)O)cs2)c1. The first kappa shape index (κ1) is 11.5. The summed E-state index contributed by atoms with van der Waals surface area (Å²) in [6.07, 6.45) is 0. The van der Waals surface area contributed by atoms with Crippen molar-refractivity contribution in [2.75, 3.05) is 7.11 Å². The van der Waals surface area contributed by atoms with Crippen LogP contribution in [-0.4, -0.2) is 23.2 Å². The van der Waals surface area contributed by atoms with Crippen LogP contribution in [0.1, 0.15) is 10.5 Å². The Morgan fingerprint density at radius 3 is 2.88 bits per heavy atom. The van der Waals surface area contributed by atoms with Gasteiger partial charge in [-0.25, -0.2) is 14.2 Å². The summed E-state index contributed by atoms with van der Waals surface area (Å²) in [7, 11) is 1.47. The second-order valence-electron chi connectivity index (χ2n) is 3.19. The van der Waals surface area contributed by atoms with Crippen LogP contribution in [0.25, 0.3) is 10.6 Å². The third kappa shape index (κ3) is 2.26. The number of thiazole rings is 1. The Hall–Kier alpha value is -1.95. The molecule has 0 radical (unpaired) electrons. The molecule has 0 spiro atoms. The summed E-state index contributed by atoms with van der Waals surface area (Å²) in [4.78, 5) is 14.5. The number of aromatic nitrogens is 1. The second kappa shape index (κ2) is 4.50. The predicted molar refractivity (Wildman–Crippen MR) is 61.0 cm³/mol. The maximum Gasteiger partial charge on any atom is 0.355 e. The van der Waals surface area contributed by atoms with E-state index in [1.165, 1.54) is 30.7 Å². The lowest BCUT2D eigenvalue weighted by Gasteiger charge is -2.03. The van der Waals surface area contributed by atoms with E-state index in [1.807, 2.05) is 0 Å². The highest BCUT2D eigenvalue weighted by atomic mass is 32.1. The van der Waals surface area contributed by atoms with E-state index in [0.29, 0.717) is 10.8 Å². The number of benzene rings is 1. The van der Waals surface area contributed by atoms with E-state index in [2.05, 4.69) is 4.98 Å². The summed E-state index contributed by atoms with van der Waals surface area (Å²) >= 11 is 1.08. The molecular weight excluding hydrogens is 245 g/mol. The van der Waals surface area contributed by atoms with Gasteiger partial charge in [0.15, 0.2) is 5.69 Å². The highest BCUT2D eigenvalue weighted by Gasteiger charge is 2.14. The number of hydrogen-bond donors (Lipinski definition) is 1. The summed E-state index contributed by atoms with van der Waals surface area (Å²) in [5.74, 6) is -1.10. The number of aromatic carboxylic acids is 1. The maximum absolute atomic E-state index is 13.6. The van der Waals surface area contributed by atoms with E-state index in [1.54, 1.807) is 0 Å². The number of carboxylic acids is 1. The van der Waals surface area contributed by atoms with Crippen molar-refractivity contribution in [1.29, 1.82) is 0 Å². The van der Waals surface area contributed by atoms with Crippen LogP contribution in [-0.2, 0) is 0 Å². The van der Waals surface area contributed by atoms with Crippen molar-refractivity contribution >= 4 is 17.3 Å². The zero-order valence-electron chi connectivity index (χ0n) is 8.81. The number of carboxylic acid groups (broad SMARTS) is 1. The molecule has 17 heavy (non-hydrogen) atoms. The van der Waals surface area contributed by atoms with Crippen LogP contribution in [0.4, 0.5) is 4.39 Å². The van der Waals surface area contributed by atoms with Crippen LogP contribution < -0.4 is 4.74 Å². The van der Waals surface area contributed by atoms with Gasteiger partial charge in [0.1, 0.15) is 16.6 Å². The fourth-order valence-electron chi connectivity index (χ4n) is 1.29. The van der Waals surface area contributed by atoms with Gasteiger partial charge < -0.3 is 9.84 Å². The van der Waals surface area contributed by atoms with E-state index in [0.717, 1.165) is 11.3 Å². The minimum atomic E-state index is -1.13. The van der Waals surface area contributed by atoms with Crippen molar-refractivity contribution < 1.29 is 19.0 Å². The zero-order valence-corrected chi connectivity index (χ0v) is 9.62. The molecular formula is C11H8FNO3S. The number of nitrogens with zero attached hydrogens (tertiary/aromatic N) is 1. The quantitative estimate of drug-likeness (QED) is 0.913. The molecule has 1 heterocycles. The van der Waals surface area contributed by atoms with Crippen LogP contribution in [0, 0.1) is 5.82 Å². The van der Waals surface area contributed by atoms with Gasteiger partial charge in [-0.3, -0.25) is 0 Å². The normalized spacial score (nSPS) is 10.2. The van der Waals surface area contributed by atoms with E-state index < -0.39 is 11.8 Å². The lowest BCUT2D eigenvalue weighted by Crippen LogP contribution is -1.96. The monoisotopic (exact) mass is 253 g/mol. The fraction of sp³-hybridized carbons (Fsp3) is 0.0909. The highest BCUT2D eigenvalue weighted by Crippen LogP contribution is 2.29. The van der Waals surface area contributed by atoms with Crippen molar-refractivity contribution in [3.05, 3.63) is 35.1 Å². The van der Waals surface area contributed by atoms with E-state index in [9.17, 15) is 9.18 Å². The molecule has 0 aliphatic rings. The molecule has 0 aliphatic carbocycles. The van der Waals surface area contributed by atoms with E-state index in [-0.39, 0.29) is 11.3 Å². The average molecular weight is 253 g/mol. The molecule has 1 aromatic carbocycles. The van der Waals surface area contributed by atoms with Gasteiger partial charge in [-0.1, -0.05) is 0 Å². The molecule has 1 N–H and O–H groups in total. The molecule has 0 unspecified atom stereocenters. The smallest absolute Gasteiger partial charge is 0.355 e. The van der Waals surface area contributed by atoms with Crippen molar-refractivity contribution in [1.82, 2.24) is 4.98 Å². The maximum atomic E-state index is 13.6. The lowest BCUT2D eigenvalue weighted by molar-refractivity contribution is 0.0691. The first-order chi connectivity index (χ1) is 8.11. The Kier molecular flexibility index (Phi) is 3.06. The Labute approximate surface area is 100 Å². The van der Waals surface area contributed by atoms with Gasteiger partial charge in [0.2, 0.25) is 0 Å². The molecule has 0 fully saturated rings. The first-order valence-corrected chi connectivity index (χ1v) is 5.52. The van der Waals surface area contributed by atoms with Gasteiger partial charge in [0.25, 0.3) is 0 Å². The number of halogens is 1. The number of rotatable bonds is 3. The summed E-state index contributed by atoms with van der Waals surface area (Å²) in [6.45, 7) is 0. The van der Waals surface area contributed by atoms with Crippen molar-refractivity contribution in [2.24, 2.45) is 0 Å². The molecule has 0 saturated carbocycles. The lowest BCUT2D eigenvalue weighted by atomic mass is 10.2. The van der Waals surface area contributed by atoms with E-state index >= 15 is 0 Å². The molecule has 0 bridgehead atoms. The molecule has 4 nitrogen and oxygen atoms in total. The Bertz CT molecular complexity index is 568. The molecule has 0 aliphatic heterocycles. The molecule has 0 amide bonds. The van der Waals surface area contributed by atoms with Crippen LogP contribution in [0.3, 0.4) is 0 Å². The molecule has 88 valence electrons. The van der Waals surface area contributed by atoms with E-state index in [4.69, 9.17) is 9.84 Å². The third-order valence-electron chi connectivity index (χ3n) is 2.13. The Morgan fingerprint density at radius 2 is 2.29 bits per heavy atom. The number of methoxy groups -OCH3 is 1. The summed E-state index contributed by atoms with van der Waals surface area (Å²) < 4.78 is 18.5. The van der Waals surface area contributed by atoms with Gasteiger partial charge in [0.05, 0.1) is 7.11 Å².